The fourth-order valence-corrected chi connectivity index (χ4v) is 6.24. The summed E-state index contributed by atoms with van der Waals surface area (Å²) in [6, 6.07) is 0. The highest BCUT2D eigenvalue weighted by atomic mass is 16.5. The summed E-state index contributed by atoms with van der Waals surface area (Å²) in [6.07, 6.45) is 7.74. The average molecular weight is 364 g/mol. The molecular weight excluding hydrogens is 332 g/mol. The van der Waals surface area contributed by atoms with E-state index in [2.05, 4.69) is 6.92 Å². The van der Waals surface area contributed by atoms with E-state index in [1.807, 2.05) is 0 Å². The second kappa shape index (κ2) is 7.69. The van der Waals surface area contributed by atoms with Crippen molar-refractivity contribution in [2.45, 2.75) is 77.7 Å². The Hall–Kier alpha value is -1.39. The summed E-state index contributed by atoms with van der Waals surface area (Å²) >= 11 is 0. The van der Waals surface area contributed by atoms with Crippen molar-refractivity contribution in [1.29, 1.82) is 0 Å². The summed E-state index contributed by atoms with van der Waals surface area (Å²) in [5, 5.41) is 0. The zero-order valence-corrected chi connectivity index (χ0v) is 16.3. The van der Waals surface area contributed by atoms with Gasteiger partial charge in [0.05, 0.1) is 7.11 Å². The highest BCUT2D eigenvalue weighted by Gasteiger charge is 2.54. The largest absolute Gasteiger partial charge is 0.469 e. The van der Waals surface area contributed by atoms with Crippen molar-refractivity contribution in [1.82, 2.24) is 0 Å². The number of hydrogen-bond donors (Lipinski definition) is 0. The Labute approximate surface area is 156 Å². The van der Waals surface area contributed by atoms with Crippen LogP contribution in [0.1, 0.15) is 71.6 Å². The van der Waals surface area contributed by atoms with E-state index in [-0.39, 0.29) is 29.4 Å². The minimum absolute atomic E-state index is 0.0109. The number of esters is 2. The maximum absolute atomic E-state index is 12.6. The van der Waals surface area contributed by atoms with Crippen molar-refractivity contribution in [3.63, 3.8) is 0 Å². The van der Waals surface area contributed by atoms with E-state index in [1.165, 1.54) is 14.0 Å². The van der Waals surface area contributed by atoms with Crippen LogP contribution in [0.15, 0.2) is 0 Å². The number of Topliss-reactive ketones (excluding diaryl/α,β-unsaturated/α-hetero) is 1. The van der Waals surface area contributed by atoms with E-state index in [0.717, 1.165) is 38.5 Å². The third-order valence-corrected chi connectivity index (χ3v) is 7.55. The number of ether oxygens (including phenoxy) is 2. The van der Waals surface area contributed by atoms with Crippen molar-refractivity contribution in [3.05, 3.63) is 0 Å². The first-order valence-electron chi connectivity index (χ1n) is 10.1. The highest BCUT2D eigenvalue weighted by Crippen LogP contribution is 2.60. The molecule has 0 amide bonds. The lowest BCUT2D eigenvalue weighted by Gasteiger charge is -2.57. The molecule has 5 nitrogen and oxygen atoms in total. The van der Waals surface area contributed by atoms with Gasteiger partial charge in [-0.1, -0.05) is 6.92 Å². The molecule has 0 aromatic heterocycles. The number of rotatable bonds is 4. The number of carbonyl (C=O) groups is 3. The van der Waals surface area contributed by atoms with Crippen molar-refractivity contribution >= 4 is 17.7 Å². The van der Waals surface area contributed by atoms with Crippen LogP contribution in [0.25, 0.3) is 0 Å². The number of fused-ring (bicyclic) bond motifs is 3. The molecule has 0 heterocycles. The predicted molar refractivity (Wildman–Crippen MR) is 96.2 cm³/mol. The van der Waals surface area contributed by atoms with Gasteiger partial charge in [-0.15, -0.1) is 0 Å². The summed E-state index contributed by atoms with van der Waals surface area (Å²) in [5.41, 5.74) is 0.226. The van der Waals surface area contributed by atoms with Crippen LogP contribution in [0.4, 0.5) is 0 Å². The molecule has 0 radical (unpaired) electrons. The van der Waals surface area contributed by atoms with Gasteiger partial charge >= 0.3 is 11.9 Å². The Morgan fingerprint density at radius 1 is 1.19 bits per heavy atom. The fourth-order valence-electron chi connectivity index (χ4n) is 6.24. The van der Waals surface area contributed by atoms with Gasteiger partial charge in [0, 0.05) is 25.7 Å². The third-order valence-electron chi connectivity index (χ3n) is 7.55. The van der Waals surface area contributed by atoms with Crippen molar-refractivity contribution in [2.75, 3.05) is 7.11 Å². The molecule has 0 bridgehead atoms. The van der Waals surface area contributed by atoms with E-state index in [1.54, 1.807) is 0 Å². The molecule has 0 N–H and O–H groups in total. The van der Waals surface area contributed by atoms with Gasteiger partial charge in [-0.2, -0.15) is 0 Å². The first-order chi connectivity index (χ1) is 12.3. The predicted octanol–water partition coefficient (Wildman–Crippen LogP) is 3.68. The lowest BCUT2D eigenvalue weighted by molar-refractivity contribution is -0.159. The summed E-state index contributed by atoms with van der Waals surface area (Å²) in [5.74, 6) is 1.45. The van der Waals surface area contributed by atoms with Gasteiger partial charge in [0.25, 0.3) is 0 Å². The number of methoxy groups -OCH3 is 1. The average Bonchev–Trinajstić information content (AvgIpc) is 2.60. The highest BCUT2D eigenvalue weighted by molar-refractivity contribution is 5.83. The molecule has 26 heavy (non-hydrogen) atoms. The standard InChI is InChI=1S/C21H32O5/c1-13(22)26-15-10-11-21(2)14(12-15)4-5-16-17(6-9-20(24)25-3)19(23)8-7-18(16)21/h14-18H,4-12H2,1-3H3. The van der Waals surface area contributed by atoms with Gasteiger partial charge in [-0.05, 0) is 68.1 Å². The summed E-state index contributed by atoms with van der Waals surface area (Å²) < 4.78 is 10.3. The molecule has 146 valence electrons. The SMILES string of the molecule is COC(=O)CCC1C(=O)CCC2C1CCC1CC(OC(C)=O)CCC12C. The Morgan fingerprint density at radius 3 is 2.65 bits per heavy atom. The summed E-state index contributed by atoms with van der Waals surface area (Å²) in [7, 11) is 1.40. The first-order valence-corrected chi connectivity index (χ1v) is 10.1. The molecule has 0 spiro atoms. The monoisotopic (exact) mass is 364 g/mol. The topological polar surface area (TPSA) is 69.7 Å². The first kappa shape index (κ1) is 19.4. The van der Waals surface area contributed by atoms with Crippen LogP contribution < -0.4 is 0 Å². The molecule has 6 unspecified atom stereocenters. The molecule has 3 aliphatic carbocycles. The molecule has 6 atom stereocenters. The molecule has 0 saturated heterocycles. The lowest BCUT2D eigenvalue weighted by atomic mass is 9.47. The minimum atomic E-state index is -0.221. The Kier molecular flexibility index (Phi) is 5.73. The van der Waals surface area contributed by atoms with Gasteiger partial charge < -0.3 is 9.47 Å². The van der Waals surface area contributed by atoms with Crippen molar-refractivity contribution in [3.8, 4) is 0 Å². The van der Waals surface area contributed by atoms with E-state index in [0.29, 0.717) is 42.8 Å². The van der Waals surface area contributed by atoms with Gasteiger partial charge in [0.1, 0.15) is 11.9 Å². The van der Waals surface area contributed by atoms with E-state index < -0.39 is 0 Å². The second-order valence-corrected chi connectivity index (χ2v) is 8.78. The quantitative estimate of drug-likeness (QED) is 0.712. The molecule has 5 heteroatoms. The third kappa shape index (κ3) is 3.67. The molecular formula is C21H32O5. The van der Waals surface area contributed by atoms with Gasteiger partial charge in [0.15, 0.2) is 0 Å². The van der Waals surface area contributed by atoms with Crippen LogP contribution >= 0.6 is 0 Å². The van der Waals surface area contributed by atoms with E-state index in [9.17, 15) is 14.4 Å². The second-order valence-electron chi connectivity index (χ2n) is 8.78. The van der Waals surface area contributed by atoms with Crippen LogP contribution in [0.5, 0.6) is 0 Å². The molecule has 3 saturated carbocycles. The van der Waals surface area contributed by atoms with Gasteiger partial charge in [-0.3, -0.25) is 14.4 Å². The summed E-state index contributed by atoms with van der Waals surface area (Å²) in [4.78, 5) is 35.5. The number of hydrogen-bond acceptors (Lipinski definition) is 5. The minimum Gasteiger partial charge on any atom is -0.469 e. The number of ketones is 1. The van der Waals surface area contributed by atoms with E-state index >= 15 is 0 Å². The Morgan fingerprint density at radius 2 is 1.96 bits per heavy atom. The smallest absolute Gasteiger partial charge is 0.305 e. The Bertz CT molecular complexity index is 571. The molecule has 0 aromatic rings. The summed E-state index contributed by atoms with van der Waals surface area (Å²) in [6.45, 7) is 3.88. The van der Waals surface area contributed by atoms with Crippen LogP contribution in [-0.2, 0) is 23.9 Å². The maximum atomic E-state index is 12.6. The van der Waals surface area contributed by atoms with Gasteiger partial charge in [0.2, 0.25) is 0 Å². The Balaban J connectivity index is 1.71. The van der Waals surface area contributed by atoms with Crippen LogP contribution in [0.2, 0.25) is 0 Å². The maximum Gasteiger partial charge on any atom is 0.305 e. The number of carbonyl (C=O) groups excluding carboxylic acids is 3. The molecule has 3 aliphatic rings. The van der Waals surface area contributed by atoms with Crippen LogP contribution in [0, 0.1) is 29.1 Å². The molecule has 3 rings (SSSR count). The molecule has 0 aliphatic heterocycles. The molecule has 3 fully saturated rings. The van der Waals surface area contributed by atoms with Crippen molar-refractivity contribution in [2.24, 2.45) is 29.1 Å². The fraction of sp³-hybridized carbons (Fsp3) is 0.857. The zero-order chi connectivity index (χ0) is 18.9. The molecule has 0 aromatic carbocycles. The van der Waals surface area contributed by atoms with Gasteiger partial charge in [-0.25, -0.2) is 0 Å². The van der Waals surface area contributed by atoms with Crippen molar-refractivity contribution < 1.29 is 23.9 Å². The van der Waals surface area contributed by atoms with E-state index in [4.69, 9.17) is 9.47 Å². The van der Waals surface area contributed by atoms with Crippen LogP contribution in [-0.4, -0.2) is 30.9 Å². The van der Waals surface area contributed by atoms with Crippen LogP contribution in [0.3, 0.4) is 0 Å². The normalized spacial score (nSPS) is 39.5. The lowest BCUT2D eigenvalue weighted by Crippen LogP contribution is -2.52. The zero-order valence-electron chi connectivity index (χ0n) is 16.3.